The minimum Gasteiger partial charge on any atom is -0.347 e. The van der Waals surface area contributed by atoms with E-state index in [2.05, 4.69) is 15.3 Å². The zero-order valence-corrected chi connectivity index (χ0v) is 14.5. The Balaban J connectivity index is 1.45. The number of aromatic nitrogens is 3. The average molecular weight is 363 g/mol. The van der Waals surface area contributed by atoms with Crippen LogP contribution in [0.5, 0.6) is 0 Å². The molecular formula is C20H15ClN4O. The number of hydrogen-bond acceptors (Lipinski definition) is 3. The first-order valence-corrected chi connectivity index (χ1v) is 8.50. The largest absolute Gasteiger partial charge is 0.347 e. The van der Waals surface area contributed by atoms with Crippen molar-refractivity contribution in [3.8, 4) is 0 Å². The van der Waals surface area contributed by atoms with Crippen LogP contribution in [0.2, 0.25) is 5.02 Å². The first-order valence-electron chi connectivity index (χ1n) is 8.12. The fraction of sp³-hybridized carbons (Fsp3) is 0.0500. The van der Waals surface area contributed by atoms with E-state index in [-0.39, 0.29) is 5.91 Å². The summed E-state index contributed by atoms with van der Waals surface area (Å²) >= 11 is 5.96. The van der Waals surface area contributed by atoms with E-state index in [1.54, 1.807) is 24.5 Å². The number of amides is 1. The van der Waals surface area contributed by atoms with Gasteiger partial charge in [-0.2, -0.15) is 0 Å². The number of nitrogens with one attached hydrogen (secondary N) is 1. The van der Waals surface area contributed by atoms with Crippen molar-refractivity contribution in [1.82, 2.24) is 19.7 Å². The number of halogens is 1. The van der Waals surface area contributed by atoms with Crippen molar-refractivity contribution >= 4 is 40.1 Å². The summed E-state index contributed by atoms with van der Waals surface area (Å²) in [5.41, 5.74) is 3.33. The summed E-state index contributed by atoms with van der Waals surface area (Å²) in [5, 5.41) is 4.51. The summed E-state index contributed by atoms with van der Waals surface area (Å²) < 4.78 is 1.83. The molecule has 1 N–H and O–H groups in total. The highest BCUT2D eigenvalue weighted by molar-refractivity contribution is 6.30. The van der Waals surface area contributed by atoms with Crippen molar-refractivity contribution in [2.75, 3.05) is 0 Å². The maximum atomic E-state index is 12.1. The molecule has 0 aliphatic carbocycles. The molecule has 0 aliphatic heterocycles. The molecule has 0 radical (unpaired) electrons. The molecule has 0 fully saturated rings. The van der Waals surface area contributed by atoms with Crippen molar-refractivity contribution in [2.45, 2.75) is 6.54 Å². The summed E-state index contributed by atoms with van der Waals surface area (Å²) in [6, 6.07) is 13.4. The van der Waals surface area contributed by atoms with Gasteiger partial charge in [0.1, 0.15) is 5.65 Å². The van der Waals surface area contributed by atoms with E-state index >= 15 is 0 Å². The number of hydrogen-bond donors (Lipinski definition) is 1. The van der Waals surface area contributed by atoms with Crippen molar-refractivity contribution < 1.29 is 4.79 Å². The number of pyridine rings is 2. The Morgan fingerprint density at radius 2 is 2.04 bits per heavy atom. The van der Waals surface area contributed by atoms with Crippen LogP contribution in [0.15, 0.2) is 67.1 Å². The molecule has 4 aromatic rings. The highest BCUT2D eigenvalue weighted by Crippen LogP contribution is 2.17. The Labute approximate surface area is 155 Å². The van der Waals surface area contributed by atoms with E-state index in [1.807, 2.05) is 47.0 Å². The average Bonchev–Trinajstić information content (AvgIpc) is 3.06. The Bertz CT molecular complexity index is 1130. The summed E-state index contributed by atoms with van der Waals surface area (Å²) in [5.74, 6) is -0.187. The molecule has 0 saturated carbocycles. The van der Waals surface area contributed by atoms with Gasteiger partial charge in [-0.25, -0.2) is 4.98 Å². The van der Waals surface area contributed by atoms with Crippen molar-refractivity contribution in [1.29, 1.82) is 0 Å². The molecule has 4 rings (SSSR count). The SMILES string of the molecule is O=C(/C=C/c1cccc2cccnc12)NCc1cn2cc(Cl)ccc2n1. The van der Waals surface area contributed by atoms with E-state index in [1.165, 1.54) is 6.08 Å². The lowest BCUT2D eigenvalue weighted by molar-refractivity contribution is -0.116. The molecule has 3 aromatic heterocycles. The Hall–Kier alpha value is -3.18. The first kappa shape index (κ1) is 16.3. The standard InChI is InChI=1S/C20H15ClN4O/c21-16-7-8-18-24-17(13-25(18)12-16)11-23-19(26)9-6-15-4-1-3-14-5-2-10-22-20(14)15/h1-10,12-13H,11H2,(H,23,26)/b9-6+. The Morgan fingerprint density at radius 1 is 1.15 bits per heavy atom. The second-order valence-electron chi connectivity index (χ2n) is 5.82. The van der Waals surface area contributed by atoms with Gasteiger partial charge in [-0.05, 0) is 24.3 Å². The van der Waals surface area contributed by atoms with Crippen LogP contribution in [0.4, 0.5) is 0 Å². The maximum absolute atomic E-state index is 12.1. The van der Waals surface area contributed by atoms with Crippen molar-refractivity contribution in [3.05, 3.63) is 83.4 Å². The van der Waals surface area contributed by atoms with Gasteiger partial charge in [0, 0.05) is 35.6 Å². The van der Waals surface area contributed by atoms with E-state index in [9.17, 15) is 4.79 Å². The third-order valence-corrected chi connectivity index (χ3v) is 4.21. The normalized spacial score (nSPS) is 11.4. The fourth-order valence-electron chi connectivity index (χ4n) is 2.77. The van der Waals surface area contributed by atoms with E-state index in [0.717, 1.165) is 27.8 Å². The fourth-order valence-corrected chi connectivity index (χ4v) is 2.93. The molecule has 1 amide bonds. The lowest BCUT2D eigenvalue weighted by Crippen LogP contribution is -2.20. The number of carbonyl (C=O) groups is 1. The number of carbonyl (C=O) groups excluding carboxylic acids is 1. The highest BCUT2D eigenvalue weighted by atomic mass is 35.5. The number of imidazole rings is 1. The van der Waals surface area contributed by atoms with Gasteiger partial charge in [0.2, 0.25) is 5.91 Å². The van der Waals surface area contributed by atoms with Crippen molar-refractivity contribution in [3.63, 3.8) is 0 Å². The van der Waals surface area contributed by atoms with Gasteiger partial charge in [-0.1, -0.05) is 35.9 Å². The summed E-state index contributed by atoms with van der Waals surface area (Å²) in [6.45, 7) is 0.344. The molecule has 0 unspecified atom stereocenters. The van der Waals surface area contributed by atoms with E-state index in [0.29, 0.717) is 11.6 Å². The number of para-hydroxylation sites is 1. The van der Waals surface area contributed by atoms with Gasteiger partial charge in [0.05, 0.1) is 22.8 Å². The number of benzene rings is 1. The van der Waals surface area contributed by atoms with Gasteiger partial charge in [-0.15, -0.1) is 0 Å². The molecule has 0 bridgehead atoms. The van der Waals surface area contributed by atoms with E-state index < -0.39 is 0 Å². The van der Waals surface area contributed by atoms with Crippen LogP contribution >= 0.6 is 11.6 Å². The monoisotopic (exact) mass is 362 g/mol. The minimum atomic E-state index is -0.187. The van der Waals surface area contributed by atoms with Crippen LogP contribution in [0.1, 0.15) is 11.3 Å². The van der Waals surface area contributed by atoms with Gasteiger partial charge < -0.3 is 9.72 Å². The molecule has 26 heavy (non-hydrogen) atoms. The third kappa shape index (κ3) is 3.43. The number of nitrogens with zero attached hydrogens (tertiary/aromatic N) is 3. The Morgan fingerprint density at radius 3 is 2.96 bits per heavy atom. The number of rotatable bonds is 4. The molecular weight excluding hydrogens is 348 g/mol. The van der Waals surface area contributed by atoms with Crippen LogP contribution in [0.25, 0.3) is 22.6 Å². The summed E-state index contributed by atoms with van der Waals surface area (Å²) in [4.78, 5) is 20.9. The first-order chi connectivity index (χ1) is 12.7. The van der Waals surface area contributed by atoms with Crippen LogP contribution < -0.4 is 5.32 Å². The molecule has 0 atom stereocenters. The predicted octanol–water partition coefficient (Wildman–Crippen LogP) is 3.87. The van der Waals surface area contributed by atoms with Gasteiger partial charge in [0.25, 0.3) is 0 Å². The second kappa shape index (κ2) is 6.98. The van der Waals surface area contributed by atoms with Crippen LogP contribution in [0, 0.1) is 0 Å². The van der Waals surface area contributed by atoms with Crippen LogP contribution in [-0.2, 0) is 11.3 Å². The number of fused-ring (bicyclic) bond motifs is 2. The van der Waals surface area contributed by atoms with E-state index in [4.69, 9.17) is 11.6 Å². The van der Waals surface area contributed by atoms with Crippen LogP contribution in [0.3, 0.4) is 0 Å². The topological polar surface area (TPSA) is 59.3 Å². The second-order valence-corrected chi connectivity index (χ2v) is 6.25. The molecule has 128 valence electrons. The van der Waals surface area contributed by atoms with Crippen LogP contribution in [-0.4, -0.2) is 20.3 Å². The van der Waals surface area contributed by atoms with Gasteiger partial charge >= 0.3 is 0 Å². The molecule has 3 heterocycles. The third-order valence-electron chi connectivity index (χ3n) is 3.99. The Kier molecular flexibility index (Phi) is 4.37. The maximum Gasteiger partial charge on any atom is 0.244 e. The van der Waals surface area contributed by atoms with Crippen molar-refractivity contribution in [2.24, 2.45) is 0 Å². The molecule has 0 saturated heterocycles. The lowest BCUT2D eigenvalue weighted by Gasteiger charge is -2.01. The summed E-state index contributed by atoms with van der Waals surface area (Å²) in [6.07, 6.45) is 8.65. The molecule has 0 spiro atoms. The smallest absolute Gasteiger partial charge is 0.244 e. The molecule has 6 heteroatoms. The predicted molar refractivity (Wildman–Crippen MR) is 103 cm³/mol. The highest BCUT2D eigenvalue weighted by Gasteiger charge is 2.04. The van der Waals surface area contributed by atoms with Gasteiger partial charge in [-0.3, -0.25) is 9.78 Å². The minimum absolute atomic E-state index is 0.187. The zero-order valence-electron chi connectivity index (χ0n) is 13.8. The molecule has 0 aliphatic rings. The molecule has 1 aromatic carbocycles. The lowest BCUT2D eigenvalue weighted by atomic mass is 10.1. The van der Waals surface area contributed by atoms with Gasteiger partial charge in [0.15, 0.2) is 0 Å². The molecule has 5 nitrogen and oxygen atoms in total. The summed E-state index contributed by atoms with van der Waals surface area (Å²) in [7, 11) is 0. The quantitative estimate of drug-likeness (QED) is 0.561. The zero-order chi connectivity index (χ0) is 17.9.